The van der Waals surface area contributed by atoms with Crippen molar-refractivity contribution in [1.29, 1.82) is 0 Å². The summed E-state index contributed by atoms with van der Waals surface area (Å²) in [5.41, 5.74) is 2.03. The lowest BCUT2D eigenvalue weighted by atomic mass is 10.1. The van der Waals surface area contributed by atoms with Crippen molar-refractivity contribution in [3.05, 3.63) is 47.5 Å². The second kappa shape index (κ2) is 11.2. The molecule has 0 unspecified atom stereocenters. The zero-order valence-corrected chi connectivity index (χ0v) is 21.1. The molecule has 186 valence electrons. The summed E-state index contributed by atoms with van der Waals surface area (Å²) in [6, 6.07) is 10.1. The van der Waals surface area contributed by atoms with Crippen LogP contribution in [-0.2, 0) is 26.1 Å². The largest absolute Gasteiger partial charge is 0.493 e. The fraction of sp³-hybridized carbons (Fsp3) is 0.458. The van der Waals surface area contributed by atoms with E-state index in [-0.39, 0.29) is 10.8 Å². The number of amides is 1. The molecule has 3 rings (SSSR count). The van der Waals surface area contributed by atoms with Gasteiger partial charge in [-0.3, -0.25) is 9.69 Å². The number of nitrogens with one attached hydrogen (secondary N) is 1. The average molecular weight is 492 g/mol. The molecule has 0 aromatic heterocycles. The molecule has 0 bridgehead atoms. The van der Waals surface area contributed by atoms with Crippen LogP contribution in [-0.4, -0.2) is 77.1 Å². The summed E-state index contributed by atoms with van der Waals surface area (Å²) in [5, 5.41) is 2.86. The predicted octanol–water partition coefficient (Wildman–Crippen LogP) is 2.49. The molecule has 1 fully saturated rings. The highest BCUT2D eigenvalue weighted by Crippen LogP contribution is 2.28. The molecule has 10 heteroatoms. The highest BCUT2D eigenvalue weighted by atomic mass is 32.2. The number of nitrogens with zero attached hydrogens (tertiary/aromatic N) is 2. The lowest BCUT2D eigenvalue weighted by Gasteiger charge is -2.27. The molecule has 34 heavy (non-hydrogen) atoms. The third-order valence-electron chi connectivity index (χ3n) is 5.96. The van der Waals surface area contributed by atoms with Gasteiger partial charge in [0.1, 0.15) is 0 Å². The quantitative estimate of drug-likeness (QED) is 0.576. The van der Waals surface area contributed by atoms with E-state index in [2.05, 4.69) is 5.32 Å². The molecule has 1 saturated heterocycles. The normalized spacial score (nSPS) is 15.7. The van der Waals surface area contributed by atoms with Gasteiger partial charge in [-0.05, 0) is 56.3 Å². The number of rotatable bonds is 9. The van der Waals surface area contributed by atoms with Crippen LogP contribution in [0.15, 0.2) is 41.3 Å². The van der Waals surface area contributed by atoms with Crippen LogP contribution in [0.25, 0.3) is 0 Å². The molecule has 1 amide bonds. The first-order valence-electron chi connectivity index (χ1n) is 11.1. The van der Waals surface area contributed by atoms with Gasteiger partial charge in [0.2, 0.25) is 15.9 Å². The third kappa shape index (κ3) is 5.87. The molecule has 0 radical (unpaired) electrons. The van der Waals surface area contributed by atoms with E-state index < -0.39 is 16.1 Å². The number of morpholine rings is 1. The molecule has 0 aliphatic carbocycles. The summed E-state index contributed by atoms with van der Waals surface area (Å²) in [7, 11) is 1.34. The molecule has 1 heterocycles. The molecule has 2 aromatic carbocycles. The Hall–Kier alpha value is -2.66. The first kappa shape index (κ1) is 26.0. The number of sulfonamides is 1. The number of anilines is 1. The molecule has 1 atom stereocenters. The van der Waals surface area contributed by atoms with E-state index in [1.165, 1.54) is 10.4 Å². The third-order valence-corrected chi connectivity index (χ3v) is 8.00. The second-order valence-electron chi connectivity index (χ2n) is 8.27. The Morgan fingerprint density at radius 2 is 1.79 bits per heavy atom. The fourth-order valence-corrected chi connectivity index (χ4v) is 5.39. The van der Waals surface area contributed by atoms with Crippen molar-refractivity contribution < 1.29 is 27.4 Å². The molecule has 1 aliphatic heterocycles. The van der Waals surface area contributed by atoms with Crippen LogP contribution in [0.2, 0.25) is 0 Å². The van der Waals surface area contributed by atoms with E-state index in [4.69, 9.17) is 14.2 Å². The smallest absolute Gasteiger partial charge is 0.243 e. The monoisotopic (exact) mass is 491 g/mol. The van der Waals surface area contributed by atoms with Crippen molar-refractivity contribution in [2.75, 3.05) is 52.9 Å². The highest BCUT2D eigenvalue weighted by Gasteiger charge is 2.28. The van der Waals surface area contributed by atoms with Gasteiger partial charge < -0.3 is 19.5 Å². The number of carbonyl (C=O) groups is 1. The van der Waals surface area contributed by atoms with E-state index in [9.17, 15) is 13.2 Å². The van der Waals surface area contributed by atoms with Crippen LogP contribution in [0.5, 0.6) is 11.5 Å². The van der Waals surface area contributed by atoms with Crippen LogP contribution in [0, 0.1) is 6.92 Å². The minimum Gasteiger partial charge on any atom is -0.493 e. The molecule has 0 saturated carbocycles. The van der Waals surface area contributed by atoms with Gasteiger partial charge in [0.05, 0.1) is 38.4 Å². The Bertz CT molecular complexity index is 1120. The summed E-state index contributed by atoms with van der Waals surface area (Å²) >= 11 is 0. The molecular weight excluding hydrogens is 458 g/mol. The lowest BCUT2D eigenvalue weighted by molar-refractivity contribution is -0.120. The van der Waals surface area contributed by atoms with Gasteiger partial charge >= 0.3 is 0 Å². The summed E-state index contributed by atoms with van der Waals surface area (Å²) in [6.45, 7) is 5.44. The maximum absolute atomic E-state index is 13.1. The summed E-state index contributed by atoms with van der Waals surface area (Å²) in [4.78, 5) is 15.0. The zero-order chi connectivity index (χ0) is 24.9. The highest BCUT2D eigenvalue weighted by molar-refractivity contribution is 7.89. The van der Waals surface area contributed by atoms with E-state index in [0.29, 0.717) is 55.6 Å². The van der Waals surface area contributed by atoms with Gasteiger partial charge in [0.15, 0.2) is 11.5 Å². The number of likely N-dealkylation sites (N-methyl/N-ethyl adjacent to an activating group) is 1. The molecule has 1 aliphatic rings. The molecular formula is C24H33N3O6S. The van der Waals surface area contributed by atoms with Crippen LogP contribution in [0.3, 0.4) is 0 Å². The average Bonchev–Trinajstić information content (AvgIpc) is 2.84. The van der Waals surface area contributed by atoms with Crippen LogP contribution in [0.4, 0.5) is 5.69 Å². The maximum Gasteiger partial charge on any atom is 0.243 e. The summed E-state index contributed by atoms with van der Waals surface area (Å²) < 4.78 is 43.6. The maximum atomic E-state index is 13.1. The van der Waals surface area contributed by atoms with Gasteiger partial charge in [0.25, 0.3) is 0 Å². The van der Waals surface area contributed by atoms with Crippen molar-refractivity contribution in [2.45, 2.75) is 31.3 Å². The summed E-state index contributed by atoms with van der Waals surface area (Å²) in [5.74, 6) is 1.03. The van der Waals surface area contributed by atoms with Crippen LogP contribution >= 0.6 is 0 Å². The van der Waals surface area contributed by atoms with Gasteiger partial charge in [-0.25, -0.2) is 8.42 Å². The van der Waals surface area contributed by atoms with Crippen molar-refractivity contribution in [2.24, 2.45) is 0 Å². The van der Waals surface area contributed by atoms with Crippen molar-refractivity contribution in [1.82, 2.24) is 9.21 Å². The number of hydrogen-bond acceptors (Lipinski definition) is 7. The predicted molar refractivity (Wildman–Crippen MR) is 130 cm³/mol. The molecule has 1 N–H and O–H groups in total. The fourth-order valence-electron chi connectivity index (χ4n) is 3.73. The van der Waals surface area contributed by atoms with E-state index >= 15 is 0 Å². The first-order valence-corrected chi connectivity index (χ1v) is 12.5. The van der Waals surface area contributed by atoms with Gasteiger partial charge in [-0.1, -0.05) is 12.1 Å². The number of aryl methyl sites for hydroxylation is 1. The minimum absolute atomic E-state index is 0.193. The van der Waals surface area contributed by atoms with Crippen molar-refractivity contribution in [3.63, 3.8) is 0 Å². The molecule has 0 spiro atoms. The lowest BCUT2D eigenvalue weighted by Crippen LogP contribution is -2.41. The van der Waals surface area contributed by atoms with Crippen molar-refractivity contribution in [3.8, 4) is 11.5 Å². The standard InChI is InChI=1S/C24H33N3O6S/c1-17-6-8-20(15-23(17)34(29,30)27-10-12-33-13-11-27)25-24(28)18(2)26(3)16-19-7-9-21(31-4)22(14-19)32-5/h6-9,14-15,18H,10-13,16H2,1-5H3,(H,25,28)/t18-/m1/s1. The zero-order valence-electron chi connectivity index (χ0n) is 20.3. The molecule has 2 aromatic rings. The van der Waals surface area contributed by atoms with Gasteiger partial charge in [-0.15, -0.1) is 0 Å². The Morgan fingerprint density at radius 1 is 1.12 bits per heavy atom. The molecule has 9 nitrogen and oxygen atoms in total. The van der Waals surface area contributed by atoms with Gasteiger partial charge in [-0.2, -0.15) is 4.31 Å². The number of ether oxygens (including phenoxy) is 3. The van der Waals surface area contributed by atoms with Crippen molar-refractivity contribution >= 4 is 21.6 Å². The minimum atomic E-state index is -3.67. The number of carbonyl (C=O) groups excluding carboxylic acids is 1. The van der Waals surface area contributed by atoms with E-state index in [1.54, 1.807) is 40.2 Å². The van der Waals surface area contributed by atoms with Crippen LogP contribution in [0.1, 0.15) is 18.1 Å². The SMILES string of the molecule is COc1ccc(CN(C)[C@H](C)C(=O)Nc2ccc(C)c(S(=O)(=O)N3CCOCC3)c2)cc1OC. The Balaban J connectivity index is 1.70. The Labute approximate surface area is 201 Å². The van der Waals surface area contributed by atoms with Gasteiger partial charge in [0, 0.05) is 25.3 Å². The number of hydrogen-bond donors (Lipinski definition) is 1. The number of methoxy groups -OCH3 is 2. The Morgan fingerprint density at radius 3 is 2.44 bits per heavy atom. The summed E-state index contributed by atoms with van der Waals surface area (Å²) in [6.07, 6.45) is 0. The van der Waals surface area contributed by atoms with Crippen LogP contribution < -0.4 is 14.8 Å². The number of benzene rings is 2. The Kier molecular flexibility index (Phi) is 8.53. The van der Waals surface area contributed by atoms with E-state index in [1.807, 2.05) is 30.1 Å². The first-order chi connectivity index (χ1) is 16.2. The second-order valence-corrected chi connectivity index (χ2v) is 10.2. The van der Waals surface area contributed by atoms with E-state index in [0.717, 1.165) is 5.56 Å². The topological polar surface area (TPSA) is 97.4 Å².